The molecule has 5 heteroatoms. The van der Waals surface area contributed by atoms with Gasteiger partial charge in [-0.3, -0.25) is 9.59 Å². The van der Waals surface area contributed by atoms with E-state index >= 15 is 0 Å². The average molecular weight is 267 g/mol. The van der Waals surface area contributed by atoms with Crippen molar-refractivity contribution in [3.63, 3.8) is 0 Å². The number of aliphatic carboxylic acids is 1. The Morgan fingerprint density at radius 2 is 1.84 bits per heavy atom. The first-order chi connectivity index (χ1) is 8.90. The lowest BCUT2D eigenvalue weighted by molar-refractivity contribution is -0.145. The van der Waals surface area contributed by atoms with Crippen molar-refractivity contribution in [3.8, 4) is 0 Å². The highest BCUT2D eigenvalue weighted by Crippen LogP contribution is 2.08. The van der Waals surface area contributed by atoms with Gasteiger partial charge in [0.2, 0.25) is 5.91 Å². The second-order valence-corrected chi connectivity index (χ2v) is 4.64. The van der Waals surface area contributed by atoms with Gasteiger partial charge in [0, 0.05) is 12.5 Å². The summed E-state index contributed by atoms with van der Waals surface area (Å²) in [6.07, 6.45) is 0.693. The van der Waals surface area contributed by atoms with Crippen molar-refractivity contribution in [3.05, 3.63) is 35.6 Å². The lowest BCUT2D eigenvalue weighted by atomic mass is 10.1. The topological polar surface area (TPSA) is 57.6 Å². The average Bonchev–Trinajstić information content (AvgIpc) is 2.34. The van der Waals surface area contributed by atoms with Crippen LogP contribution in [0, 0.1) is 5.82 Å². The number of carbonyl (C=O) groups excluding carboxylic acids is 1. The van der Waals surface area contributed by atoms with Crippen LogP contribution in [-0.4, -0.2) is 34.5 Å². The predicted molar refractivity (Wildman–Crippen MR) is 69.2 cm³/mol. The summed E-state index contributed by atoms with van der Waals surface area (Å²) in [5, 5.41) is 8.76. The zero-order chi connectivity index (χ0) is 14.4. The van der Waals surface area contributed by atoms with Crippen molar-refractivity contribution in [2.45, 2.75) is 32.7 Å². The van der Waals surface area contributed by atoms with E-state index in [-0.39, 0.29) is 30.7 Å². The first kappa shape index (κ1) is 15.1. The van der Waals surface area contributed by atoms with Gasteiger partial charge < -0.3 is 10.0 Å². The molecule has 0 fully saturated rings. The van der Waals surface area contributed by atoms with Crippen LogP contribution in [0.1, 0.15) is 25.8 Å². The summed E-state index contributed by atoms with van der Waals surface area (Å²) >= 11 is 0. The van der Waals surface area contributed by atoms with E-state index in [1.807, 2.05) is 0 Å². The first-order valence-corrected chi connectivity index (χ1v) is 6.16. The molecule has 1 aromatic rings. The minimum Gasteiger partial charge on any atom is -0.480 e. The number of carbonyl (C=O) groups is 2. The second kappa shape index (κ2) is 6.87. The molecule has 4 nitrogen and oxygen atoms in total. The monoisotopic (exact) mass is 267 g/mol. The Labute approximate surface area is 111 Å². The van der Waals surface area contributed by atoms with Crippen LogP contribution in [0.2, 0.25) is 0 Å². The van der Waals surface area contributed by atoms with Gasteiger partial charge in [-0.2, -0.15) is 0 Å². The lowest BCUT2D eigenvalue weighted by Crippen LogP contribution is -2.40. The maximum Gasteiger partial charge on any atom is 0.323 e. The van der Waals surface area contributed by atoms with Crippen LogP contribution < -0.4 is 0 Å². The van der Waals surface area contributed by atoms with Gasteiger partial charge in [0.25, 0.3) is 0 Å². The number of carboxylic acid groups (broad SMARTS) is 1. The minimum absolute atomic E-state index is 0.156. The smallest absolute Gasteiger partial charge is 0.323 e. The number of benzene rings is 1. The number of carboxylic acids is 1. The maximum absolute atomic E-state index is 12.7. The van der Waals surface area contributed by atoms with Crippen LogP contribution in [0.5, 0.6) is 0 Å². The van der Waals surface area contributed by atoms with Crippen LogP contribution in [0.4, 0.5) is 4.39 Å². The van der Waals surface area contributed by atoms with E-state index < -0.39 is 5.97 Å². The molecule has 0 unspecified atom stereocenters. The number of hydrogen-bond donors (Lipinski definition) is 1. The number of aryl methyl sites for hydroxylation is 1. The number of rotatable bonds is 6. The number of halogens is 1. The zero-order valence-corrected chi connectivity index (χ0v) is 11.1. The first-order valence-electron chi connectivity index (χ1n) is 6.16. The van der Waals surface area contributed by atoms with Crippen LogP contribution in [0.25, 0.3) is 0 Å². The highest BCUT2D eigenvalue weighted by Gasteiger charge is 2.19. The van der Waals surface area contributed by atoms with Gasteiger partial charge in [-0.05, 0) is 38.0 Å². The molecular weight excluding hydrogens is 249 g/mol. The fourth-order valence-corrected chi connectivity index (χ4v) is 1.75. The third-order valence-electron chi connectivity index (χ3n) is 2.79. The Bertz CT molecular complexity index is 443. The van der Waals surface area contributed by atoms with E-state index in [9.17, 15) is 14.0 Å². The molecule has 0 saturated heterocycles. The molecule has 0 bridgehead atoms. The molecule has 0 aliphatic rings. The number of nitrogens with zero attached hydrogens (tertiary/aromatic N) is 1. The van der Waals surface area contributed by atoms with Crippen molar-refractivity contribution < 1.29 is 19.1 Å². The van der Waals surface area contributed by atoms with Crippen LogP contribution in [0.15, 0.2) is 24.3 Å². The van der Waals surface area contributed by atoms with Gasteiger partial charge in [0.05, 0.1) is 0 Å². The molecule has 0 radical (unpaired) electrons. The largest absolute Gasteiger partial charge is 0.480 e. The number of hydrogen-bond acceptors (Lipinski definition) is 2. The molecule has 1 aromatic carbocycles. The Morgan fingerprint density at radius 1 is 1.26 bits per heavy atom. The van der Waals surface area contributed by atoms with E-state index in [1.165, 1.54) is 17.0 Å². The zero-order valence-electron chi connectivity index (χ0n) is 11.1. The van der Waals surface area contributed by atoms with E-state index in [0.717, 1.165) is 5.56 Å². The molecule has 1 amide bonds. The molecule has 0 atom stereocenters. The van der Waals surface area contributed by atoms with Gasteiger partial charge in [-0.15, -0.1) is 0 Å². The normalized spacial score (nSPS) is 10.5. The van der Waals surface area contributed by atoms with E-state index in [4.69, 9.17) is 5.11 Å². The third-order valence-corrected chi connectivity index (χ3v) is 2.79. The summed E-state index contributed by atoms with van der Waals surface area (Å²) < 4.78 is 12.7. The van der Waals surface area contributed by atoms with Crippen molar-refractivity contribution in [2.24, 2.45) is 0 Å². The molecule has 19 heavy (non-hydrogen) atoms. The molecule has 104 valence electrons. The fourth-order valence-electron chi connectivity index (χ4n) is 1.75. The van der Waals surface area contributed by atoms with Gasteiger partial charge in [-0.1, -0.05) is 12.1 Å². The SMILES string of the molecule is CC(C)N(CC(=O)O)C(=O)CCc1ccc(F)cc1. The highest BCUT2D eigenvalue weighted by molar-refractivity contribution is 5.81. The highest BCUT2D eigenvalue weighted by atomic mass is 19.1. The summed E-state index contributed by atoms with van der Waals surface area (Å²) in [4.78, 5) is 24.0. The molecule has 0 aliphatic heterocycles. The summed E-state index contributed by atoms with van der Waals surface area (Å²) in [7, 11) is 0. The maximum atomic E-state index is 12.7. The summed E-state index contributed by atoms with van der Waals surface area (Å²) in [6.45, 7) is 3.26. The Morgan fingerprint density at radius 3 is 2.32 bits per heavy atom. The Balaban J connectivity index is 2.57. The lowest BCUT2D eigenvalue weighted by Gasteiger charge is -2.24. The summed E-state index contributed by atoms with van der Waals surface area (Å²) in [5.74, 6) is -1.55. The van der Waals surface area contributed by atoms with Crippen molar-refractivity contribution in [1.29, 1.82) is 0 Å². The summed E-state index contributed by atoms with van der Waals surface area (Å²) in [5.41, 5.74) is 0.855. The van der Waals surface area contributed by atoms with Crippen molar-refractivity contribution in [2.75, 3.05) is 6.54 Å². The van der Waals surface area contributed by atoms with E-state index in [2.05, 4.69) is 0 Å². The molecule has 1 rings (SSSR count). The molecule has 0 aromatic heterocycles. The molecule has 0 saturated carbocycles. The Hall–Kier alpha value is -1.91. The van der Waals surface area contributed by atoms with Gasteiger partial charge in [0.15, 0.2) is 0 Å². The van der Waals surface area contributed by atoms with E-state index in [1.54, 1.807) is 26.0 Å². The van der Waals surface area contributed by atoms with E-state index in [0.29, 0.717) is 6.42 Å². The third kappa shape index (κ3) is 5.07. The Kier molecular flexibility index (Phi) is 5.48. The van der Waals surface area contributed by atoms with Gasteiger partial charge in [-0.25, -0.2) is 4.39 Å². The molecule has 1 N–H and O–H groups in total. The second-order valence-electron chi connectivity index (χ2n) is 4.64. The van der Waals surface area contributed by atoms with Crippen molar-refractivity contribution in [1.82, 2.24) is 4.90 Å². The van der Waals surface area contributed by atoms with Crippen molar-refractivity contribution >= 4 is 11.9 Å². The van der Waals surface area contributed by atoms with Gasteiger partial charge >= 0.3 is 5.97 Å². The predicted octanol–water partition coefficient (Wildman–Crippen LogP) is 2.08. The molecule has 0 heterocycles. The van der Waals surface area contributed by atoms with Crippen LogP contribution in [0.3, 0.4) is 0 Å². The van der Waals surface area contributed by atoms with Gasteiger partial charge in [0.1, 0.15) is 12.4 Å². The standard InChI is InChI=1S/C14H18FNO3/c1-10(2)16(9-14(18)19)13(17)8-5-11-3-6-12(15)7-4-11/h3-4,6-7,10H,5,8-9H2,1-2H3,(H,18,19). The van der Waals surface area contributed by atoms with Crippen LogP contribution in [-0.2, 0) is 16.0 Å². The summed E-state index contributed by atoms with van der Waals surface area (Å²) in [6, 6.07) is 5.78. The number of amides is 1. The molecular formula is C14H18FNO3. The van der Waals surface area contributed by atoms with Crippen LogP contribution >= 0.6 is 0 Å². The molecule has 0 spiro atoms. The fraction of sp³-hybridized carbons (Fsp3) is 0.429. The molecule has 0 aliphatic carbocycles. The minimum atomic E-state index is -1.02. The quantitative estimate of drug-likeness (QED) is 0.858.